The Morgan fingerprint density at radius 1 is 1.07 bits per heavy atom. The maximum absolute atomic E-state index is 13.2. The van der Waals surface area contributed by atoms with Crippen LogP contribution in [0.5, 0.6) is 5.75 Å². The van der Waals surface area contributed by atoms with E-state index in [9.17, 15) is 9.59 Å². The fraction of sp³-hybridized carbons (Fsp3) is 0.333. The normalized spacial score (nSPS) is 16.8. The molecule has 150 valence electrons. The maximum atomic E-state index is 13.2. The summed E-state index contributed by atoms with van der Waals surface area (Å²) < 4.78 is 5.41. The van der Waals surface area contributed by atoms with E-state index in [2.05, 4.69) is 4.98 Å². The van der Waals surface area contributed by atoms with Gasteiger partial charge in [0.15, 0.2) is 5.78 Å². The number of fused-ring (bicyclic) bond motifs is 1. The van der Waals surface area contributed by atoms with Gasteiger partial charge in [-0.25, -0.2) is 0 Å². The number of aromatic amines is 1. The van der Waals surface area contributed by atoms with E-state index in [0.29, 0.717) is 24.2 Å². The van der Waals surface area contributed by atoms with E-state index in [4.69, 9.17) is 4.74 Å². The summed E-state index contributed by atoms with van der Waals surface area (Å²) in [5, 5.41) is 1.02. The molecule has 1 aliphatic rings. The first kappa shape index (κ1) is 19.2. The smallest absolute Gasteiger partial charge is 0.253 e. The highest BCUT2D eigenvalue weighted by molar-refractivity contribution is 6.01. The minimum absolute atomic E-state index is 0.00677. The third-order valence-corrected chi connectivity index (χ3v) is 5.83. The average molecular weight is 390 g/mol. The molecule has 5 heteroatoms. The minimum Gasteiger partial charge on any atom is -0.496 e. The van der Waals surface area contributed by atoms with Crippen molar-refractivity contribution >= 4 is 22.6 Å². The number of H-pyrrole nitrogens is 1. The first-order chi connectivity index (χ1) is 14.0. The maximum Gasteiger partial charge on any atom is 0.253 e. The molecule has 1 saturated heterocycles. The molecule has 29 heavy (non-hydrogen) atoms. The molecule has 0 aliphatic carbocycles. The molecule has 2 heterocycles. The van der Waals surface area contributed by atoms with Gasteiger partial charge in [-0.3, -0.25) is 9.59 Å². The van der Waals surface area contributed by atoms with Crippen LogP contribution >= 0.6 is 0 Å². The molecular weight excluding hydrogens is 364 g/mol. The summed E-state index contributed by atoms with van der Waals surface area (Å²) in [7, 11) is 1.65. The van der Waals surface area contributed by atoms with Crippen LogP contribution in [0.25, 0.3) is 10.9 Å². The molecule has 0 unspecified atom stereocenters. The van der Waals surface area contributed by atoms with Crippen LogP contribution in [-0.2, 0) is 0 Å². The number of ether oxygens (including phenoxy) is 1. The zero-order chi connectivity index (χ0) is 20.5. The summed E-state index contributed by atoms with van der Waals surface area (Å²) in [6.07, 6.45) is 3.51. The van der Waals surface area contributed by atoms with Gasteiger partial charge in [0.05, 0.1) is 7.11 Å². The number of carbonyl (C=O) groups is 2. The van der Waals surface area contributed by atoms with Crippen molar-refractivity contribution < 1.29 is 14.3 Å². The van der Waals surface area contributed by atoms with Gasteiger partial charge in [0.25, 0.3) is 5.91 Å². The van der Waals surface area contributed by atoms with Gasteiger partial charge in [-0.05, 0) is 74.2 Å². The van der Waals surface area contributed by atoms with Crippen molar-refractivity contribution in [2.75, 3.05) is 20.2 Å². The number of piperidine rings is 1. The number of Topliss-reactive ketones (excluding diaryl/α,β-unsaturated/α-hetero) is 1. The molecule has 2 aromatic carbocycles. The van der Waals surface area contributed by atoms with Gasteiger partial charge in [0, 0.05) is 47.2 Å². The lowest BCUT2D eigenvalue weighted by atomic mass is 9.88. The summed E-state index contributed by atoms with van der Waals surface area (Å²) >= 11 is 0. The molecule has 0 saturated carbocycles. The van der Waals surface area contributed by atoms with Gasteiger partial charge in [-0.1, -0.05) is 0 Å². The first-order valence-electron chi connectivity index (χ1n) is 10.0. The van der Waals surface area contributed by atoms with Crippen LogP contribution in [0, 0.1) is 19.8 Å². The number of aromatic nitrogens is 1. The average Bonchev–Trinajstić information content (AvgIpc) is 3.20. The molecule has 1 aliphatic heterocycles. The Labute approximate surface area is 170 Å². The zero-order valence-corrected chi connectivity index (χ0v) is 17.1. The number of benzene rings is 2. The van der Waals surface area contributed by atoms with E-state index in [0.717, 1.165) is 40.6 Å². The molecule has 1 amide bonds. The van der Waals surface area contributed by atoms with Crippen molar-refractivity contribution in [1.82, 2.24) is 9.88 Å². The predicted octanol–water partition coefficient (Wildman–Crippen LogP) is 4.53. The van der Waals surface area contributed by atoms with Crippen LogP contribution in [0.15, 0.2) is 42.6 Å². The summed E-state index contributed by atoms with van der Waals surface area (Å²) in [6, 6.07) is 11.4. The third kappa shape index (κ3) is 3.65. The highest BCUT2D eigenvalue weighted by Crippen LogP contribution is 2.28. The van der Waals surface area contributed by atoms with Gasteiger partial charge in [-0.15, -0.1) is 0 Å². The topological polar surface area (TPSA) is 62.4 Å². The van der Waals surface area contributed by atoms with Gasteiger partial charge in [-0.2, -0.15) is 0 Å². The number of nitrogens with one attached hydrogen (secondary N) is 1. The van der Waals surface area contributed by atoms with Crippen LogP contribution in [-0.4, -0.2) is 41.8 Å². The number of aryl methyl sites for hydroxylation is 2. The number of rotatable bonds is 4. The number of hydrogen-bond acceptors (Lipinski definition) is 3. The van der Waals surface area contributed by atoms with Crippen molar-refractivity contribution in [3.8, 4) is 5.75 Å². The summed E-state index contributed by atoms with van der Waals surface area (Å²) in [6.45, 7) is 5.06. The van der Waals surface area contributed by atoms with Gasteiger partial charge in [0.2, 0.25) is 0 Å². The van der Waals surface area contributed by atoms with E-state index >= 15 is 0 Å². The molecule has 5 nitrogen and oxygen atoms in total. The highest BCUT2D eigenvalue weighted by atomic mass is 16.5. The molecule has 4 rings (SSSR count). The molecular formula is C24H26N2O3. The van der Waals surface area contributed by atoms with Crippen LogP contribution in [0.2, 0.25) is 0 Å². The Morgan fingerprint density at radius 2 is 1.83 bits per heavy atom. The van der Waals surface area contributed by atoms with Crippen molar-refractivity contribution in [2.45, 2.75) is 26.7 Å². The minimum atomic E-state index is -0.170. The molecule has 3 aromatic rings. The number of nitrogens with zero attached hydrogens (tertiary/aromatic N) is 1. The molecule has 1 atom stereocenters. The quantitative estimate of drug-likeness (QED) is 0.666. The van der Waals surface area contributed by atoms with Crippen molar-refractivity contribution in [2.24, 2.45) is 5.92 Å². The third-order valence-electron chi connectivity index (χ3n) is 5.83. The Kier molecular flexibility index (Phi) is 5.14. The largest absolute Gasteiger partial charge is 0.496 e. The monoisotopic (exact) mass is 390 g/mol. The lowest BCUT2D eigenvalue weighted by Gasteiger charge is -2.32. The zero-order valence-electron chi connectivity index (χ0n) is 17.1. The number of ketones is 1. The van der Waals surface area contributed by atoms with Crippen LogP contribution in [0.4, 0.5) is 0 Å². The molecule has 0 bridgehead atoms. The van der Waals surface area contributed by atoms with Gasteiger partial charge < -0.3 is 14.6 Å². The summed E-state index contributed by atoms with van der Waals surface area (Å²) in [5.74, 6) is 0.753. The predicted molar refractivity (Wildman–Crippen MR) is 114 cm³/mol. The second-order valence-corrected chi connectivity index (χ2v) is 7.88. The number of methoxy groups -OCH3 is 1. The number of carbonyl (C=O) groups excluding carboxylic acids is 2. The molecule has 1 N–H and O–H groups in total. The lowest BCUT2D eigenvalue weighted by Crippen LogP contribution is -2.42. The second kappa shape index (κ2) is 7.74. The fourth-order valence-electron chi connectivity index (χ4n) is 4.39. The highest BCUT2D eigenvalue weighted by Gasteiger charge is 2.30. The lowest BCUT2D eigenvalue weighted by molar-refractivity contribution is 0.0637. The van der Waals surface area contributed by atoms with Gasteiger partial charge >= 0.3 is 0 Å². The van der Waals surface area contributed by atoms with E-state index in [1.54, 1.807) is 7.11 Å². The van der Waals surface area contributed by atoms with Crippen LogP contribution < -0.4 is 4.74 Å². The molecule has 0 spiro atoms. The van der Waals surface area contributed by atoms with Crippen molar-refractivity contribution in [1.29, 1.82) is 0 Å². The van der Waals surface area contributed by atoms with Crippen molar-refractivity contribution in [3.05, 3.63) is 64.8 Å². The number of amides is 1. The Balaban J connectivity index is 1.53. The van der Waals surface area contributed by atoms with Crippen LogP contribution in [0.3, 0.4) is 0 Å². The first-order valence-corrected chi connectivity index (χ1v) is 10.0. The Bertz CT molecular complexity index is 1060. The van der Waals surface area contributed by atoms with Crippen LogP contribution in [0.1, 0.15) is 44.7 Å². The number of likely N-dealkylation sites (tertiary alicyclic amines) is 1. The fourth-order valence-corrected chi connectivity index (χ4v) is 4.39. The van der Waals surface area contributed by atoms with Gasteiger partial charge in [0.1, 0.15) is 5.75 Å². The number of hydrogen-bond donors (Lipinski definition) is 1. The van der Waals surface area contributed by atoms with E-state index in [1.807, 2.05) is 61.3 Å². The SMILES string of the molecule is COc1c(C)cc(C(=O)[C@H]2CCCN(C(=O)c3ccc4[nH]ccc4c3)C2)cc1C. The molecule has 1 aromatic heterocycles. The second-order valence-electron chi connectivity index (χ2n) is 7.88. The molecule has 1 fully saturated rings. The van der Waals surface area contributed by atoms with E-state index < -0.39 is 0 Å². The van der Waals surface area contributed by atoms with Crippen molar-refractivity contribution in [3.63, 3.8) is 0 Å². The summed E-state index contributed by atoms with van der Waals surface area (Å²) in [5.41, 5.74) is 4.30. The van der Waals surface area contributed by atoms with E-state index in [1.165, 1.54) is 0 Å². The molecule has 0 radical (unpaired) electrons. The standard InChI is InChI=1S/C24H26N2O3/c1-15-11-20(12-16(2)23(15)29-3)22(27)19-5-4-10-26(14-19)24(28)18-6-7-21-17(13-18)8-9-25-21/h6-9,11-13,19,25H,4-5,10,14H2,1-3H3/t19-/m0/s1. The Hall–Kier alpha value is -3.08. The Morgan fingerprint density at radius 3 is 2.55 bits per heavy atom. The summed E-state index contributed by atoms with van der Waals surface area (Å²) in [4.78, 5) is 31.2. The van der Waals surface area contributed by atoms with E-state index in [-0.39, 0.29) is 17.6 Å².